The third-order valence-electron chi connectivity index (χ3n) is 17.2. The number of para-hydroxylation sites is 6. The van der Waals surface area contributed by atoms with Gasteiger partial charge in [0.25, 0.3) is 0 Å². The Kier molecular flexibility index (Phi) is 9.89. The summed E-state index contributed by atoms with van der Waals surface area (Å²) in [6, 6.07) is 81.3. The van der Waals surface area contributed by atoms with E-state index in [1.807, 2.05) is 54.6 Å². The van der Waals surface area contributed by atoms with Gasteiger partial charge in [0.1, 0.15) is 50.0 Å². The number of rotatable bonds is 3. The molecule has 0 radical (unpaired) electrons. The van der Waals surface area contributed by atoms with Crippen LogP contribution in [0, 0.1) is 0 Å². The molecule has 0 unspecified atom stereocenters. The van der Waals surface area contributed by atoms with Crippen LogP contribution in [0.15, 0.2) is 282 Å². The van der Waals surface area contributed by atoms with Crippen molar-refractivity contribution in [1.29, 1.82) is 0 Å². The second-order valence-electron chi connectivity index (χ2n) is 21.9. The first-order valence-electron chi connectivity index (χ1n) is 28.7. The van der Waals surface area contributed by atoms with Gasteiger partial charge in [-0.3, -0.25) is 0 Å². The highest BCUT2D eigenvalue weighted by Crippen LogP contribution is 2.45. The van der Waals surface area contributed by atoms with Gasteiger partial charge in [-0.1, -0.05) is 109 Å². The first kappa shape index (κ1) is 47.4. The van der Waals surface area contributed by atoms with Gasteiger partial charge >= 0.3 is 0 Å². The number of benzene rings is 12. The average molecular weight is 1120 g/mol. The minimum absolute atomic E-state index is 0.786. The van der Waals surface area contributed by atoms with Crippen molar-refractivity contribution in [3.63, 3.8) is 0 Å². The highest BCUT2D eigenvalue weighted by Gasteiger charge is 2.23. The largest absolute Gasteiger partial charge is 0.456 e. The van der Waals surface area contributed by atoms with Crippen molar-refractivity contribution in [2.75, 3.05) is 0 Å². The van der Waals surface area contributed by atoms with Crippen LogP contribution < -0.4 is 0 Å². The maximum atomic E-state index is 6.34. The Morgan fingerprint density at radius 2 is 0.644 bits per heavy atom. The smallest absolute Gasteiger partial charge is 0.181 e. The Bertz CT molecular complexity index is 6360. The van der Waals surface area contributed by atoms with E-state index in [1.54, 1.807) is 0 Å². The predicted molar refractivity (Wildman–Crippen MR) is 347 cm³/mol. The van der Waals surface area contributed by atoms with Gasteiger partial charge in [-0.25, -0.2) is 15.0 Å². The van der Waals surface area contributed by atoms with Gasteiger partial charge in [0.15, 0.2) is 35.9 Å². The summed E-state index contributed by atoms with van der Waals surface area (Å²) in [6.07, 6.45) is 4.46. The van der Waals surface area contributed by atoms with E-state index >= 15 is 0 Å². The number of fused-ring (bicyclic) bond motifs is 24. The molecule has 87 heavy (non-hydrogen) atoms. The summed E-state index contributed by atoms with van der Waals surface area (Å²) in [6.45, 7) is 0. The second kappa shape index (κ2) is 18.2. The number of hydrogen-bond acceptors (Lipinski definition) is 9. The van der Waals surface area contributed by atoms with Gasteiger partial charge in [-0.2, -0.15) is 0 Å². The molecule has 0 bridgehead atoms. The molecule has 12 heteroatoms. The summed E-state index contributed by atoms with van der Waals surface area (Å²) in [7, 11) is 0. The Balaban J connectivity index is 0.0000000950. The average Bonchev–Trinajstić information content (AvgIpc) is 2.28. The summed E-state index contributed by atoms with van der Waals surface area (Å²) in [5.74, 6) is 0. The normalized spacial score (nSPS) is 12.1. The van der Waals surface area contributed by atoms with Crippen LogP contribution in [-0.4, -0.2) is 28.7 Å². The van der Waals surface area contributed by atoms with Crippen LogP contribution in [0.1, 0.15) is 0 Å². The molecule has 12 aromatic carbocycles. The molecule has 0 spiro atoms. The minimum atomic E-state index is 0.786. The van der Waals surface area contributed by atoms with Crippen molar-refractivity contribution in [3.05, 3.63) is 256 Å². The van der Waals surface area contributed by atoms with Crippen LogP contribution in [0.3, 0.4) is 0 Å². The second-order valence-corrected chi connectivity index (χ2v) is 21.9. The maximum absolute atomic E-state index is 6.34. The van der Waals surface area contributed by atoms with Crippen molar-refractivity contribution in [3.8, 4) is 17.1 Å². The third kappa shape index (κ3) is 6.97. The van der Waals surface area contributed by atoms with E-state index in [9.17, 15) is 0 Å². The Hall–Kier alpha value is -12.2. The lowest BCUT2D eigenvalue weighted by molar-refractivity contribution is 0.602. The highest BCUT2D eigenvalue weighted by molar-refractivity contribution is 6.28. The summed E-state index contributed by atoms with van der Waals surface area (Å²) < 4.78 is 41.8. The van der Waals surface area contributed by atoms with Crippen LogP contribution in [-0.2, 0) is 0 Å². The molecule has 0 amide bonds. The van der Waals surface area contributed by atoms with Gasteiger partial charge in [0.2, 0.25) is 0 Å². The first-order valence-corrected chi connectivity index (χ1v) is 28.7. The molecule has 9 heterocycles. The number of oxazole rings is 3. The fraction of sp³-hybridized carbons (Fsp3) is 0. The molecule has 0 N–H and O–H groups in total. The molecule has 12 nitrogen and oxygen atoms in total. The Morgan fingerprint density at radius 3 is 1.23 bits per heavy atom. The Morgan fingerprint density at radius 1 is 0.241 bits per heavy atom. The van der Waals surface area contributed by atoms with Crippen LogP contribution in [0.4, 0.5) is 0 Å². The molecule has 0 aliphatic heterocycles. The van der Waals surface area contributed by atoms with Crippen molar-refractivity contribution < 1.29 is 26.5 Å². The molecule has 0 aliphatic rings. The molecule has 0 atom stereocenters. The van der Waals surface area contributed by atoms with Crippen molar-refractivity contribution in [2.24, 2.45) is 0 Å². The van der Waals surface area contributed by atoms with Gasteiger partial charge in [-0.15, -0.1) is 0 Å². The molecule has 0 saturated heterocycles. The molecule has 0 aliphatic carbocycles. The fourth-order valence-electron chi connectivity index (χ4n) is 13.6. The molecule has 21 rings (SSSR count). The van der Waals surface area contributed by atoms with E-state index < -0.39 is 0 Å². The molecular weight excluding hydrogens is 1080 g/mol. The molecule has 0 fully saturated rings. The van der Waals surface area contributed by atoms with E-state index in [-0.39, 0.29) is 0 Å². The zero-order valence-electron chi connectivity index (χ0n) is 45.9. The van der Waals surface area contributed by atoms with Crippen LogP contribution in [0.25, 0.3) is 182 Å². The summed E-state index contributed by atoms with van der Waals surface area (Å²) >= 11 is 0. The van der Waals surface area contributed by atoms with Crippen LogP contribution in [0.5, 0.6) is 0 Å². The number of aromatic nitrogens is 6. The third-order valence-corrected chi connectivity index (χ3v) is 17.2. The summed E-state index contributed by atoms with van der Waals surface area (Å²) in [5.41, 5.74) is 20.4. The van der Waals surface area contributed by atoms with E-state index in [0.29, 0.717) is 0 Å². The zero-order chi connectivity index (χ0) is 56.8. The van der Waals surface area contributed by atoms with Crippen molar-refractivity contribution >= 4 is 165 Å². The van der Waals surface area contributed by atoms with Gasteiger partial charge in [-0.05, 0) is 127 Å². The van der Waals surface area contributed by atoms with E-state index in [4.69, 9.17) is 26.5 Å². The standard InChI is InChI=1S/3C25H14N2O2/c1-3-7-20-18(6-1)24-21(27(20)15-9-12-23-19(13-15)26-14-28-23)11-10-17-16-5-2-4-8-22(16)29-25(17)24;1-3-7-20-16(5-1)17-10-12-23-24(18-6-2-4-8-21(18)29-23)25(17)27(20)15-9-11-22-19(13-15)26-14-28-22;1-3-7-19-16(5-1)24-20(27(19)15-9-11-22-18(13-15)26-14-28-22)10-12-23-25(24)17-6-2-4-8-21(17)29-23/h3*1-14H. The fourth-order valence-corrected chi connectivity index (χ4v) is 13.6. The predicted octanol–water partition coefficient (Wildman–Crippen LogP) is 20.5. The first-order chi connectivity index (χ1) is 43.1. The van der Waals surface area contributed by atoms with E-state index in [0.717, 1.165) is 155 Å². The lowest BCUT2D eigenvalue weighted by Gasteiger charge is -2.08. The quantitative estimate of drug-likeness (QED) is 0.170. The van der Waals surface area contributed by atoms with Crippen molar-refractivity contribution in [2.45, 2.75) is 0 Å². The van der Waals surface area contributed by atoms with E-state index in [1.165, 1.54) is 46.1 Å². The molecule has 0 saturated carbocycles. The van der Waals surface area contributed by atoms with Gasteiger partial charge in [0.05, 0.1) is 43.9 Å². The summed E-state index contributed by atoms with van der Waals surface area (Å²) in [4.78, 5) is 13.0. The highest BCUT2D eigenvalue weighted by atomic mass is 16.3. The lowest BCUT2D eigenvalue weighted by Crippen LogP contribution is -1.94. The number of furan rings is 3. The zero-order valence-corrected chi connectivity index (χ0v) is 45.9. The molecule has 21 aromatic rings. The van der Waals surface area contributed by atoms with Crippen LogP contribution in [0.2, 0.25) is 0 Å². The number of nitrogens with zero attached hydrogens (tertiary/aromatic N) is 6. The minimum Gasteiger partial charge on any atom is -0.456 e. The monoisotopic (exact) mass is 1120 g/mol. The van der Waals surface area contributed by atoms with Crippen LogP contribution >= 0.6 is 0 Å². The van der Waals surface area contributed by atoms with Gasteiger partial charge < -0.3 is 40.2 Å². The summed E-state index contributed by atoms with van der Waals surface area (Å²) in [5, 5.41) is 14.0. The maximum Gasteiger partial charge on any atom is 0.181 e. The van der Waals surface area contributed by atoms with Gasteiger partial charge in [0, 0.05) is 70.9 Å². The van der Waals surface area contributed by atoms with Crippen molar-refractivity contribution in [1.82, 2.24) is 28.7 Å². The Labute approximate surface area is 490 Å². The molecule has 408 valence electrons. The SMILES string of the molecule is c1ccc2c(c1)oc1c2ccc2c1c1ccccc1n2-c1ccc2ocnc2c1.c1ccc2c(c1)oc1ccc3c(c4ccccc4n3-c3ccc4ocnc4c3)c12.c1ccc2c(c1)oc1ccc3c4ccccc4n(-c4ccc5ocnc5c4)c3c12. The topological polar surface area (TPSA) is 132 Å². The molecular formula is C75H42N6O6. The molecule has 9 aromatic heterocycles. The number of hydrogen-bond donors (Lipinski definition) is 0. The van der Waals surface area contributed by atoms with E-state index in [2.05, 4.69) is 211 Å². The lowest BCUT2D eigenvalue weighted by atomic mass is 10.1.